The number of H-pyrrole nitrogens is 1. The van der Waals surface area contributed by atoms with Gasteiger partial charge in [-0.15, -0.1) is 11.3 Å². The van der Waals surface area contributed by atoms with E-state index in [1.807, 2.05) is 6.92 Å². The first-order chi connectivity index (χ1) is 10.9. The predicted molar refractivity (Wildman–Crippen MR) is 89.1 cm³/mol. The van der Waals surface area contributed by atoms with Crippen molar-refractivity contribution in [3.05, 3.63) is 43.5 Å². The molecule has 23 heavy (non-hydrogen) atoms. The SMILES string of the molecule is Cc1cc(C(=O)N(C)C[C@H]2CCCc3sc(C)nc32)nc(=O)[nH]1. The van der Waals surface area contributed by atoms with Crippen molar-refractivity contribution in [3.63, 3.8) is 0 Å². The molecule has 0 unspecified atom stereocenters. The van der Waals surface area contributed by atoms with Gasteiger partial charge in [-0.2, -0.15) is 4.98 Å². The average molecular weight is 332 g/mol. The molecule has 1 amide bonds. The first kappa shape index (κ1) is 15.9. The number of amides is 1. The number of likely N-dealkylation sites (N-methyl/N-ethyl adjacent to an activating group) is 1. The summed E-state index contributed by atoms with van der Waals surface area (Å²) in [6, 6.07) is 1.61. The Morgan fingerprint density at radius 1 is 1.43 bits per heavy atom. The number of thiazole rings is 1. The Labute approximate surface area is 138 Å². The number of aromatic amines is 1. The molecule has 3 rings (SSSR count). The number of nitrogens with zero attached hydrogens (tertiary/aromatic N) is 3. The fraction of sp³-hybridized carbons (Fsp3) is 0.500. The highest BCUT2D eigenvalue weighted by Gasteiger charge is 2.27. The number of fused-ring (bicyclic) bond motifs is 1. The van der Waals surface area contributed by atoms with Crippen LogP contribution in [0.15, 0.2) is 10.9 Å². The predicted octanol–water partition coefficient (Wildman–Crippen LogP) is 2.04. The van der Waals surface area contributed by atoms with Gasteiger partial charge in [0.05, 0.1) is 10.7 Å². The van der Waals surface area contributed by atoms with Crippen LogP contribution in [0.25, 0.3) is 0 Å². The maximum absolute atomic E-state index is 12.5. The van der Waals surface area contributed by atoms with Gasteiger partial charge < -0.3 is 9.88 Å². The molecule has 0 saturated carbocycles. The van der Waals surface area contributed by atoms with E-state index in [4.69, 9.17) is 0 Å². The third-order valence-corrected chi connectivity index (χ3v) is 5.16. The van der Waals surface area contributed by atoms with Crippen LogP contribution in [0.3, 0.4) is 0 Å². The highest BCUT2D eigenvalue weighted by molar-refractivity contribution is 7.11. The van der Waals surface area contributed by atoms with Crippen LogP contribution in [0.2, 0.25) is 0 Å². The summed E-state index contributed by atoms with van der Waals surface area (Å²) in [6.07, 6.45) is 3.25. The Morgan fingerprint density at radius 3 is 2.96 bits per heavy atom. The lowest BCUT2D eigenvalue weighted by molar-refractivity contribution is 0.0776. The zero-order valence-electron chi connectivity index (χ0n) is 13.5. The summed E-state index contributed by atoms with van der Waals surface area (Å²) >= 11 is 1.76. The van der Waals surface area contributed by atoms with Crippen molar-refractivity contribution in [2.45, 2.75) is 39.0 Å². The number of carbonyl (C=O) groups is 1. The lowest BCUT2D eigenvalue weighted by Crippen LogP contribution is -2.34. The molecule has 0 bridgehead atoms. The minimum atomic E-state index is -0.489. The molecule has 0 fully saturated rings. The molecular formula is C16H20N4O2S. The second kappa shape index (κ2) is 6.23. The van der Waals surface area contributed by atoms with Gasteiger partial charge >= 0.3 is 5.69 Å². The van der Waals surface area contributed by atoms with E-state index in [1.54, 1.807) is 36.3 Å². The lowest BCUT2D eigenvalue weighted by atomic mass is 9.90. The van der Waals surface area contributed by atoms with Crippen molar-refractivity contribution in [1.29, 1.82) is 0 Å². The molecule has 2 aromatic heterocycles. The largest absolute Gasteiger partial charge is 0.345 e. The van der Waals surface area contributed by atoms with Gasteiger partial charge in [-0.25, -0.2) is 9.78 Å². The van der Waals surface area contributed by atoms with E-state index in [9.17, 15) is 9.59 Å². The fourth-order valence-corrected chi connectivity index (χ4v) is 4.17. The third-order valence-electron chi connectivity index (χ3n) is 4.12. The van der Waals surface area contributed by atoms with E-state index in [1.165, 1.54) is 4.88 Å². The Kier molecular flexibility index (Phi) is 4.30. The zero-order valence-corrected chi connectivity index (χ0v) is 14.4. The number of carbonyl (C=O) groups excluding carboxylic acids is 1. The molecule has 2 heterocycles. The summed E-state index contributed by atoms with van der Waals surface area (Å²) in [4.78, 5) is 38.0. The number of nitrogens with one attached hydrogen (secondary N) is 1. The van der Waals surface area contributed by atoms with Crippen LogP contribution in [0, 0.1) is 13.8 Å². The van der Waals surface area contributed by atoms with Gasteiger partial charge in [0.1, 0.15) is 5.69 Å². The molecule has 1 atom stereocenters. The Balaban J connectivity index is 1.78. The van der Waals surface area contributed by atoms with Gasteiger partial charge in [0, 0.05) is 30.1 Å². The van der Waals surface area contributed by atoms with Gasteiger partial charge in [-0.3, -0.25) is 4.79 Å². The molecule has 7 heteroatoms. The summed E-state index contributed by atoms with van der Waals surface area (Å²) in [5.41, 5.74) is 1.49. The minimum absolute atomic E-state index is 0.194. The zero-order chi connectivity index (χ0) is 16.6. The Morgan fingerprint density at radius 2 is 2.22 bits per heavy atom. The van der Waals surface area contributed by atoms with Gasteiger partial charge in [-0.05, 0) is 39.2 Å². The standard InChI is InChI=1S/C16H20N4O2S/c1-9-7-12(19-16(22)17-9)15(21)20(3)8-11-5-4-6-13-14(11)18-10(2)23-13/h7,11H,4-6,8H2,1-3H3,(H,17,19,22)/t11-/m1/s1. The van der Waals surface area contributed by atoms with Crippen molar-refractivity contribution in [3.8, 4) is 0 Å². The molecule has 1 N–H and O–H groups in total. The Hall–Kier alpha value is -2.02. The van der Waals surface area contributed by atoms with E-state index in [2.05, 4.69) is 15.0 Å². The van der Waals surface area contributed by atoms with E-state index in [0.717, 1.165) is 30.0 Å². The van der Waals surface area contributed by atoms with E-state index in [-0.39, 0.29) is 17.5 Å². The minimum Gasteiger partial charge on any atom is -0.340 e. The van der Waals surface area contributed by atoms with E-state index in [0.29, 0.717) is 12.2 Å². The molecule has 2 aromatic rings. The third kappa shape index (κ3) is 3.34. The van der Waals surface area contributed by atoms with Gasteiger partial charge in [0.25, 0.3) is 5.91 Å². The van der Waals surface area contributed by atoms with Crippen molar-refractivity contribution < 1.29 is 4.79 Å². The average Bonchev–Trinajstić information content (AvgIpc) is 2.86. The van der Waals surface area contributed by atoms with Crippen LogP contribution in [-0.4, -0.2) is 39.4 Å². The number of aromatic nitrogens is 3. The van der Waals surface area contributed by atoms with Crippen molar-refractivity contribution in [1.82, 2.24) is 19.9 Å². The molecule has 1 aliphatic rings. The highest BCUT2D eigenvalue weighted by atomic mass is 32.1. The van der Waals surface area contributed by atoms with Crippen LogP contribution >= 0.6 is 11.3 Å². The van der Waals surface area contributed by atoms with Crippen molar-refractivity contribution >= 4 is 17.2 Å². The topological polar surface area (TPSA) is 79.0 Å². The molecule has 0 radical (unpaired) electrons. The van der Waals surface area contributed by atoms with Gasteiger partial charge in [0.15, 0.2) is 0 Å². The number of aryl methyl sites for hydroxylation is 3. The molecule has 6 nitrogen and oxygen atoms in total. The molecule has 122 valence electrons. The normalized spacial score (nSPS) is 16.9. The monoisotopic (exact) mass is 332 g/mol. The van der Waals surface area contributed by atoms with Crippen molar-refractivity contribution in [2.75, 3.05) is 13.6 Å². The lowest BCUT2D eigenvalue weighted by Gasteiger charge is -2.26. The first-order valence-electron chi connectivity index (χ1n) is 7.73. The quantitative estimate of drug-likeness (QED) is 0.933. The summed E-state index contributed by atoms with van der Waals surface area (Å²) in [7, 11) is 1.76. The molecule has 0 saturated heterocycles. The fourth-order valence-electron chi connectivity index (χ4n) is 3.10. The second-order valence-corrected chi connectivity index (χ2v) is 7.36. The highest BCUT2D eigenvalue weighted by Crippen LogP contribution is 2.35. The molecule has 1 aliphatic carbocycles. The van der Waals surface area contributed by atoms with Crippen LogP contribution in [0.4, 0.5) is 0 Å². The molecule has 0 aromatic carbocycles. The smallest absolute Gasteiger partial charge is 0.340 e. The van der Waals surface area contributed by atoms with Gasteiger partial charge in [-0.1, -0.05) is 0 Å². The van der Waals surface area contributed by atoms with Crippen LogP contribution in [0.1, 0.15) is 50.5 Å². The number of hydrogen-bond acceptors (Lipinski definition) is 5. The van der Waals surface area contributed by atoms with Crippen LogP contribution in [0.5, 0.6) is 0 Å². The van der Waals surface area contributed by atoms with E-state index >= 15 is 0 Å². The summed E-state index contributed by atoms with van der Waals surface area (Å²) in [5.74, 6) is 0.0408. The molecule has 0 spiro atoms. The maximum Gasteiger partial charge on any atom is 0.345 e. The first-order valence-corrected chi connectivity index (χ1v) is 8.55. The van der Waals surface area contributed by atoms with Crippen molar-refractivity contribution in [2.24, 2.45) is 0 Å². The van der Waals surface area contributed by atoms with Crippen LogP contribution < -0.4 is 5.69 Å². The summed E-state index contributed by atoms with van der Waals surface area (Å²) < 4.78 is 0. The molecule has 0 aliphatic heterocycles. The van der Waals surface area contributed by atoms with E-state index < -0.39 is 5.69 Å². The second-order valence-electron chi connectivity index (χ2n) is 6.07. The summed E-state index contributed by atoms with van der Waals surface area (Å²) in [6.45, 7) is 4.37. The summed E-state index contributed by atoms with van der Waals surface area (Å²) in [5, 5.41) is 1.09. The Bertz CT molecular complexity index is 796. The number of hydrogen-bond donors (Lipinski definition) is 1. The van der Waals surface area contributed by atoms with Gasteiger partial charge in [0.2, 0.25) is 0 Å². The maximum atomic E-state index is 12.5. The number of rotatable bonds is 3. The molecular weight excluding hydrogens is 312 g/mol. The van der Waals surface area contributed by atoms with Crippen LogP contribution in [-0.2, 0) is 6.42 Å².